The number of pyridine rings is 1. The Hall–Kier alpha value is -3.71. The summed E-state index contributed by atoms with van der Waals surface area (Å²) in [5, 5.41) is 5.28. The van der Waals surface area contributed by atoms with Gasteiger partial charge in [0.1, 0.15) is 18.1 Å². The number of benzene rings is 2. The number of nitrogens with two attached hydrogens (primary N) is 1. The second-order valence-corrected chi connectivity index (χ2v) is 5.95. The van der Waals surface area contributed by atoms with Gasteiger partial charge in [0.05, 0.1) is 0 Å². The lowest BCUT2D eigenvalue weighted by molar-refractivity contribution is 0.102. The van der Waals surface area contributed by atoms with Crippen LogP contribution in [0.5, 0.6) is 0 Å². The van der Waals surface area contributed by atoms with Crippen molar-refractivity contribution in [1.29, 1.82) is 0 Å². The minimum absolute atomic E-state index is 0.143. The Kier molecular flexibility index (Phi) is 6.33. The van der Waals surface area contributed by atoms with Gasteiger partial charge in [-0.2, -0.15) is 0 Å². The van der Waals surface area contributed by atoms with Crippen LogP contribution in [0.15, 0.2) is 72.8 Å². The number of carbonyl (C=O) groups is 2. The van der Waals surface area contributed by atoms with Gasteiger partial charge in [-0.3, -0.25) is 10.1 Å². The number of anilines is 2. The second-order valence-electron chi connectivity index (χ2n) is 5.95. The molecule has 0 unspecified atom stereocenters. The van der Waals surface area contributed by atoms with Crippen LogP contribution in [-0.4, -0.2) is 17.0 Å². The molecule has 0 saturated heterocycles. The van der Waals surface area contributed by atoms with Crippen molar-refractivity contribution in [3.63, 3.8) is 0 Å². The average molecular weight is 376 g/mol. The molecule has 0 bridgehead atoms. The predicted octanol–water partition coefficient (Wildman–Crippen LogP) is 3.54. The fourth-order valence-electron chi connectivity index (χ4n) is 2.47. The number of rotatable bonds is 6. The third-order valence-electron chi connectivity index (χ3n) is 3.85. The van der Waals surface area contributed by atoms with Gasteiger partial charge in [-0.15, -0.1) is 0 Å². The number of carbonyl (C=O) groups excluding carboxylic acids is 2. The molecule has 0 saturated carbocycles. The molecule has 1 aromatic heterocycles. The molecule has 0 aliphatic rings. The van der Waals surface area contributed by atoms with E-state index in [1.807, 2.05) is 42.5 Å². The Morgan fingerprint density at radius 3 is 2.43 bits per heavy atom. The maximum atomic E-state index is 12.4. The molecule has 7 heteroatoms. The van der Waals surface area contributed by atoms with Crippen LogP contribution in [-0.2, 0) is 17.9 Å². The van der Waals surface area contributed by atoms with E-state index in [4.69, 9.17) is 10.5 Å². The molecule has 0 spiro atoms. The Morgan fingerprint density at radius 1 is 0.893 bits per heavy atom. The average Bonchev–Trinajstić information content (AvgIpc) is 2.73. The van der Waals surface area contributed by atoms with Crippen molar-refractivity contribution in [2.75, 3.05) is 10.6 Å². The molecule has 142 valence electrons. The summed E-state index contributed by atoms with van der Waals surface area (Å²) in [6.45, 7) is 0.525. The molecule has 0 aliphatic heterocycles. The van der Waals surface area contributed by atoms with Gasteiger partial charge >= 0.3 is 6.09 Å². The van der Waals surface area contributed by atoms with Gasteiger partial charge < -0.3 is 15.8 Å². The molecule has 0 atom stereocenters. The molecular formula is C21H20N4O3. The van der Waals surface area contributed by atoms with E-state index in [-0.39, 0.29) is 18.1 Å². The minimum atomic E-state index is -0.649. The van der Waals surface area contributed by atoms with Crippen LogP contribution in [0.3, 0.4) is 0 Å². The Labute approximate surface area is 162 Å². The molecule has 0 fully saturated rings. The molecule has 2 aromatic carbocycles. The van der Waals surface area contributed by atoms with Gasteiger partial charge in [0, 0.05) is 12.2 Å². The first-order chi connectivity index (χ1) is 13.6. The number of amides is 2. The van der Waals surface area contributed by atoms with Crippen LogP contribution in [0.25, 0.3) is 0 Å². The Morgan fingerprint density at radius 2 is 1.64 bits per heavy atom. The third-order valence-corrected chi connectivity index (χ3v) is 3.85. The third kappa shape index (κ3) is 5.39. The summed E-state index contributed by atoms with van der Waals surface area (Å²) in [6.07, 6.45) is -0.649. The topological polar surface area (TPSA) is 106 Å². The molecule has 0 radical (unpaired) electrons. The number of nitrogens with zero attached hydrogens (tertiary/aromatic N) is 1. The van der Waals surface area contributed by atoms with Gasteiger partial charge in [0.15, 0.2) is 0 Å². The summed E-state index contributed by atoms with van der Waals surface area (Å²) >= 11 is 0. The maximum Gasteiger partial charge on any atom is 0.413 e. The SMILES string of the molecule is NCc1cccc(NC(=O)c2cccc(NC(=O)OCc3ccccc3)n2)c1. The highest BCUT2D eigenvalue weighted by molar-refractivity contribution is 6.03. The zero-order valence-electron chi connectivity index (χ0n) is 15.1. The van der Waals surface area contributed by atoms with Gasteiger partial charge in [-0.25, -0.2) is 9.78 Å². The molecule has 4 N–H and O–H groups in total. The summed E-state index contributed by atoms with van der Waals surface area (Å²) in [4.78, 5) is 28.5. The quantitative estimate of drug-likeness (QED) is 0.610. The van der Waals surface area contributed by atoms with E-state index in [1.165, 1.54) is 0 Å². The highest BCUT2D eigenvalue weighted by Gasteiger charge is 2.11. The number of nitrogens with one attached hydrogen (secondary N) is 2. The van der Waals surface area contributed by atoms with E-state index in [0.717, 1.165) is 11.1 Å². The minimum Gasteiger partial charge on any atom is -0.444 e. The molecule has 1 heterocycles. The summed E-state index contributed by atoms with van der Waals surface area (Å²) in [7, 11) is 0. The standard InChI is InChI=1S/C21H20N4O3/c22-13-16-8-4-9-17(12-16)23-20(26)18-10-5-11-19(24-18)25-21(27)28-14-15-6-2-1-3-7-15/h1-12H,13-14,22H2,(H,23,26)(H,24,25,27). The molecule has 7 nitrogen and oxygen atoms in total. The van der Waals surface area contributed by atoms with E-state index < -0.39 is 12.0 Å². The van der Waals surface area contributed by atoms with Crippen LogP contribution in [0.2, 0.25) is 0 Å². The van der Waals surface area contributed by atoms with Crippen LogP contribution < -0.4 is 16.4 Å². The number of hydrogen-bond donors (Lipinski definition) is 3. The van der Waals surface area contributed by atoms with E-state index in [2.05, 4.69) is 15.6 Å². The first-order valence-corrected chi connectivity index (χ1v) is 8.69. The normalized spacial score (nSPS) is 10.2. The molecule has 28 heavy (non-hydrogen) atoms. The van der Waals surface area contributed by atoms with E-state index >= 15 is 0 Å². The van der Waals surface area contributed by atoms with Crippen molar-refractivity contribution < 1.29 is 14.3 Å². The van der Waals surface area contributed by atoms with Gasteiger partial charge in [0.25, 0.3) is 5.91 Å². The zero-order chi connectivity index (χ0) is 19.8. The largest absolute Gasteiger partial charge is 0.444 e. The van der Waals surface area contributed by atoms with Crippen LogP contribution in [0.1, 0.15) is 21.6 Å². The van der Waals surface area contributed by atoms with Gasteiger partial charge in [0.2, 0.25) is 0 Å². The van der Waals surface area contributed by atoms with Crippen molar-refractivity contribution in [2.24, 2.45) is 5.73 Å². The molecule has 0 aliphatic carbocycles. The smallest absolute Gasteiger partial charge is 0.413 e. The number of aromatic nitrogens is 1. The molecular weight excluding hydrogens is 356 g/mol. The van der Waals surface area contributed by atoms with E-state index in [0.29, 0.717) is 12.2 Å². The zero-order valence-corrected chi connectivity index (χ0v) is 15.1. The van der Waals surface area contributed by atoms with Gasteiger partial charge in [-0.05, 0) is 35.4 Å². The number of ether oxygens (including phenoxy) is 1. The van der Waals surface area contributed by atoms with E-state index in [1.54, 1.807) is 30.3 Å². The van der Waals surface area contributed by atoms with Crippen molar-refractivity contribution in [1.82, 2.24) is 4.98 Å². The molecule has 3 aromatic rings. The summed E-state index contributed by atoms with van der Waals surface area (Å²) in [6, 6.07) is 21.3. The summed E-state index contributed by atoms with van der Waals surface area (Å²) in [5.74, 6) is -0.170. The highest BCUT2D eigenvalue weighted by Crippen LogP contribution is 2.13. The van der Waals surface area contributed by atoms with Crippen molar-refractivity contribution in [2.45, 2.75) is 13.2 Å². The maximum absolute atomic E-state index is 12.4. The van der Waals surface area contributed by atoms with Crippen LogP contribution in [0, 0.1) is 0 Å². The fourth-order valence-corrected chi connectivity index (χ4v) is 2.47. The lowest BCUT2D eigenvalue weighted by atomic mass is 10.2. The van der Waals surface area contributed by atoms with Crippen molar-refractivity contribution in [3.05, 3.63) is 89.6 Å². The monoisotopic (exact) mass is 376 g/mol. The lowest BCUT2D eigenvalue weighted by Crippen LogP contribution is -2.17. The second kappa shape index (κ2) is 9.29. The van der Waals surface area contributed by atoms with Crippen LogP contribution >= 0.6 is 0 Å². The summed E-state index contributed by atoms with van der Waals surface area (Å²) in [5.41, 5.74) is 8.18. The molecule has 3 rings (SSSR count). The van der Waals surface area contributed by atoms with E-state index in [9.17, 15) is 9.59 Å². The van der Waals surface area contributed by atoms with Gasteiger partial charge in [-0.1, -0.05) is 48.5 Å². The van der Waals surface area contributed by atoms with Crippen molar-refractivity contribution in [3.8, 4) is 0 Å². The molecule has 2 amide bonds. The Bertz CT molecular complexity index is 961. The lowest BCUT2D eigenvalue weighted by Gasteiger charge is -2.09. The Balaban J connectivity index is 1.59. The summed E-state index contributed by atoms with van der Waals surface area (Å²) < 4.78 is 5.15. The number of hydrogen-bond acceptors (Lipinski definition) is 5. The highest BCUT2D eigenvalue weighted by atomic mass is 16.5. The first kappa shape index (κ1) is 19.1. The predicted molar refractivity (Wildman–Crippen MR) is 107 cm³/mol. The van der Waals surface area contributed by atoms with Crippen LogP contribution in [0.4, 0.5) is 16.3 Å². The fraction of sp³-hybridized carbons (Fsp3) is 0.0952. The first-order valence-electron chi connectivity index (χ1n) is 8.69. The van der Waals surface area contributed by atoms with Crippen molar-refractivity contribution >= 4 is 23.5 Å².